The Balaban J connectivity index is 1.89. The Labute approximate surface area is 97.1 Å². The summed E-state index contributed by atoms with van der Waals surface area (Å²) in [5.74, 6) is 0.475. The smallest absolute Gasteiger partial charge is 0.225 e. The molecule has 4 nitrogen and oxygen atoms in total. The molecule has 16 heavy (non-hydrogen) atoms. The second-order valence-corrected chi connectivity index (χ2v) is 4.91. The van der Waals surface area contributed by atoms with Crippen molar-refractivity contribution in [3.8, 4) is 0 Å². The zero-order valence-corrected chi connectivity index (χ0v) is 9.86. The van der Waals surface area contributed by atoms with Crippen LogP contribution in [0.1, 0.15) is 32.1 Å². The predicted octanol–water partition coefficient (Wildman–Crippen LogP) is 0.753. The highest BCUT2D eigenvalue weighted by Crippen LogP contribution is 2.25. The van der Waals surface area contributed by atoms with Gasteiger partial charge >= 0.3 is 0 Å². The van der Waals surface area contributed by atoms with Crippen molar-refractivity contribution in [2.75, 3.05) is 26.3 Å². The Hall–Kier alpha value is -0.610. The summed E-state index contributed by atoms with van der Waals surface area (Å²) in [5.41, 5.74) is 5.93. The molecule has 1 heterocycles. The van der Waals surface area contributed by atoms with Crippen LogP contribution in [0.3, 0.4) is 0 Å². The monoisotopic (exact) mass is 226 g/mol. The Bertz CT molecular complexity index is 233. The van der Waals surface area contributed by atoms with E-state index in [-0.39, 0.29) is 12.0 Å². The van der Waals surface area contributed by atoms with E-state index in [1.165, 1.54) is 0 Å². The van der Waals surface area contributed by atoms with E-state index >= 15 is 0 Å². The van der Waals surface area contributed by atoms with E-state index in [1.54, 1.807) is 0 Å². The van der Waals surface area contributed by atoms with Crippen molar-refractivity contribution in [2.24, 2.45) is 11.7 Å². The Morgan fingerprint density at radius 3 is 2.88 bits per heavy atom. The largest absolute Gasteiger partial charge is 0.380 e. The van der Waals surface area contributed by atoms with Gasteiger partial charge in [-0.3, -0.25) is 4.79 Å². The molecule has 2 rings (SSSR count). The molecule has 2 fully saturated rings. The number of amides is 1. The topological polar surface area (TPSA) is 55.6 Å². The number of hydrogen-bond acceptors (Lipinski definition) is 3. The molecule has 0 bridgehead atoms. The molecule has 2 unspecified atom stereocenters. The van der Waals surface area contributed by atoms with Gasteiger partial charge in [0.1, 0.15) is 0 Å². The van der Waals surface area contributed by atoms with Gasteiger partial charge in [0.2, 0.25) is 5.91 Å². The van der Waals surface area contributed by atoms with Crippen molar-refractivity contribution in [1.29, 1.82) is 0 Å². The number of hydrogen-bond donors (Lipinski definition) is 1. The van der Waals surface area contributed by atoms with Gasteiger partial charge in [0.15, 0.2) is 0 Å². The highest BCUT2D eigenvalue weighted by molar-refractivity contribution is 5.79. The van der Waals surface area contributed by atoms with Crippen LogP contribution in [0.5, 0.6) is 0 Å². The Morgan fingerprint density at radius 2 is 2.06 bits per heavy atom. The summed E-state index contributed by atoms with van der Waals surface area (Å²) in [6.45, 7) is 3.08. The van der Waals surface area contributed by atoms with Crippen molar-refractivity contribution in [3.05, 3.63) is 0 Å². The van der Waals surface area contributed by atoms with Crippen molar-refractivity contribution >= 4 is 5.91 Å². The zero-order chi connectivity index (χ0) is 11.4. The number of ether oxygens (including phenoxy) is 1. The molecule has 0 radical (unpaired) electrons. The van der Waals surface area contributed by atoms with E-state index in [2.05, 4.69) is 0 Å². The van der Waals surface area contributed by atoms with Crippen LogP contribution in [0.15, 0.2) is 0 Å². The first-order valence-corrected chi connectivity index (χ1v) is 6.39. The number of carbonyl (C=O) groups is 1. The van der Waals surface area contributed by atoms with Crippen LogP contribution >= 0.6 is 0 Å². The first-order valence-electron chi connectivity index (χ1n) is 6.39. The molecule has 1 saturated carbocycles. The fraction of sp³-hybridized carbons (Fsp3) is 0.917. The average molecular weight is 226 g/mol. The molecule has 2 aliphatic rings. The molecule has 1 amide bonds. The summed E-state index contributed by atoms with van der Waals surface area (Å²) in [7, 11) is 0. The van der Waals surface area contributed by atoms with E-state index in [0.717, 1.165) is 51.8 Å². The van der Waals surface area contributed by atoms with Crippen LogP contribution in [0.4, 0.5) is 0 Å². The molecule has 1 aliphatic carbocycles. The molecule has 1 aliphatic heterocycles. The molecule has 4 heteroatoms. The molecule has 0 aromatic carbocycles. The molecule has 2 atom stereocenters. The van der Waals surface area contributed by atoms with Gasteiger partial charge in [0, 0.05) is 31.7 Å². The lowest BCUT2D eigenvalue weighted by Crippen LogP contribution is -2.41. The second-order valence-electron chi connectivity index (χ2n) is 4.91. The average Bonchev–Trinajstić information content (AvgIpc) is 2.56. The van der Waals surface area contributed by atoms with Crippen LogP contribution in [-0.4, -0.2) is 43.2 Å². The fourth-order valence-corrected chi connectivity index (χ4v) is 2.68. The van der Waals surface area contributed by atoms with Crippen LogP contribution in [0.2, 0.25) is 0 Å². The standard InChI is InChI=1S/C12H22N2O2/c13-11-4-1-3-10(9-11)12(15)14-5-2-7-16-8-6-14/h10-11H,1-9,13H2. The predicted molar refractivity (Wildman–Crippen MR) is 61.9 cm³/mol. The first kappa shape index (κ1) is 11.9. The van der Waals surface area contributed by atoms with E-state index in [1.807, 2.05) is 4.90 Å². The number of carbonyl (C=O) groups excluding carboxylic acids is 1. The molecular weight excluding hydrogens is 204 g/mol. The van der Waals surface area contributed by atoms with Gasteiger partial charge in [-0.25, -0.2) is 0 Å². The first-order chi connectivity index (χ1) is 7.77. The van der Waals surface area contributed by atoms with Crippen molar-refractivity contribution in [3.63, 3.8) is 0 Å². The van der Waals surface area contributed by atoms with E-state index < -0.39 is 0 Å². The zero-order valence-electron chi connectivity index (χ0n) is 9.86. The van der Waals surface area contributed by atoms with Crippen LogP contribution in [-0.2, 0) is 9.53 Å². The third kappa shape index (κ3) is 2.95. The molecule has 0 aromatic rings. The SMILES string of the molecule is NC1CCCC(C(=O)N2CCCOCC2)C1. The van der Waals surface area contributed by atoms with Gasteiger partial charge in [0.25, 0.3) is 0 Å². The second kappa shape index (κ2) is 5.64. The summed E-state index contributed by atoms with van der Waals surface area (Å²) in [5, 5.41) is 0. The van der Waals surface area contributed by atoms with Crippen molar-refractivity contribution in [1.82, 2.24) is 4.90 Å². The maximum atomic E-state index is 12.3. The maximum Gasteiger partial charge on any atom is 0.225 e. The normalized spacial score (nSPS) is 32.2. The van der Waals surface area contributed by atoms with Crippen LogP contribution in [0, 0.1) is 5.92 Å². The lowest BCUT2D eigenvalue weighted by Gasteiger charge is -2.30. The number of nitrogens with zero attached hydrogens (tertiary/aromatic N) is 1. The summed E-state index contributed by atoms with van der Waals surface area (Å²) in [6.07, 6.45) is 5.03. The third-order valence-electron chi connectivity index (χ3n) is 3.60. The van der Waals surface area contributed by atoms with Gasteiger partial charge in [0.05, 0.1) is 6.61 Å². The minimum Gasteiger partial charge on any atom is -0.380 e. The Kier molecular flexibility index (Phi) is 4.18. The molecule has 0 aromatic heterocycles. The van der Waals surface area contributed by atoms with Gasteiger partial charge in [-0.15, -0.1) is 0 Å². The molecule has 92 valence electrons. The maximum absolute atomic E-state index is 12.3. The summed E-state index contributed by atoms with van der Waals surface area (Å²) in [6, 6.07) is 0.228. The van der Waals surface area contributed by atoms with Gasteiger partial charge in [-0.05, 0) is 25.7 Å². The lowest BCUT2D eigenvalue weighted by atomic mass is 9.85. The third-order valence-corrected chi connectivity index (χ3v) is 3.60. The quantitative estimate of drug-likeness (QED) is 0.718. The summed E-state index contributed by atoms with van der Waals surface area (Å²) < 4.78 is 5.36. The van der Waals surface area contributed by atoms with E-state index in [9.17, 15) is 4.79 Å². The molecule has 1 saturated heterocycles. The van der Waals surface area contributed by atoms with E-state index in [4.69, 9.17) is 10.5 Å². The number of nitrogens with two attached hydrogens (primary N) is 1. The van der Waals surface area contributed by atoms with Crippen molar-refractivity contribution in [2.45, 2.75) is 38.1 Å². The highest BCUT2D eigenvalue weighted by atomic mass is 16.5. The Morgan fingerprint density at radius 1 is 1.19 bits per heavy atom. The van der Waals surface area contributed by atoms with Crippen LogP contribution < -0.4 is 5.73 Å². The summed E-state index contributed by atoms with van der Waals surface area (Å²) in [4.78, 5) is 14.2. The lowest BCUT2D eigenvalue weighted by molar-refractivity contribution is -0.136. The molecular formula is C12H22N2O2. The molecule has 0 spiro atoms. The van der Waals surface area contributed by atoms with Crippen molar-refractivity contribution < 1.29 is 9.53 Å². The van der Waals surface area contributed by atoms with Gasteiger partial charge in [-0.1, -0.05) is 6.42 Å². The molecule has 2 N–H and O–H groups in total. The number of rotatable bonds is 1. The minimum absolute atomic E-state index is 0.168. The minimum atomic E-state index is 0.168. The van der Waals surface area contributed by atoms with Crippen LogP contribution in [0.25, 0.3) is 0 Å². The van der Waals surface area contributed by atoms with E-state index in [0.29, 0.717) is 12.5 Å². The highest BCUT2D eigenvalue weighted by Gasteiger charge is 2.29. The fourth-order valence-electron chi connectivity index (χ4n) is 2.68. The summed E-state index contributed by atoms with van der Waals surface area (Å²) >= 11 is 0. The van der Waals surface area contributed by atoms with Gasteiger partial charge < -0.3 is 15.4 Å². The van der Waals surface area contributed by atoms with Gasteiger partial charge in [-0.2, -0.15) is 0 Å².